The van der Waals surface area contributed by atoms with Crippen molar-refractivity contribution in [2.45, 2.75) is 20.0 Å². The van der Waals surface area contributed by atoms with Gasteiger partial charge in [0.25, 0.3) is 0 Å². The maximum Gasteiger partial charge on any atom is 0.230 e. The molecule has 2 heterocycles. The Morgan fingerprint density at radius 3 is 2.90 bits per heavy atom. The molecular formula is C15H19FN2O2. The van der Waals surface area contributed by atoms with Gasteiger partial charge in [0.1, 0.15) is 17.7 Å². The number of benzene rings is 1. The largest absolute Gasteiger partial charge is 0.487 e. The number of halogens is 1. The van der Waals surface area contributed by atoms with Gasteiger partial charge in [-0.2, -0.15) is 0 Å². The maximum absolute atomic E-state index is 13.3. The van der Waals surface area contributed by atoms with E-state index in [9.17, 15) is 9.18 Å². The van der Waals surface area contributed by atoms with Gasteiger partial charge in [0.2, 0.25) is 5.91 Å². The van der Waals surface area contributed by atoms with E-state index < -0.39 is 0 Å². The molecule has 0 saturated carbocycles. The highest BCUT2D eigenvalue weighted by molar-refractivity contribution is 5.97. The van der Waals surface area contributed by atoms with E-state index in [1.54, 1.807) is 11.0 Å². The summed E-state index contributed by atoms with van der Waals surface area (Å²) in [6.45, 7) is 6.16. The quantitative estimate of drug-likeness (QED) is 0.897. The Morgan fingerprint density at radius 1 is 1.50 bits per heavy atom. The summed E-state index contributed by atoms with van der Waals surface area (Å²) in [5.74, 6) is 0.570. The van der Waals surface area contributed by atoms with E-state index in [4.69, 9.17) is 4.74 Å². The molecule has 0 radical (unpaired) electrons. The molecule has 1 aromatic rings. The Morgan fingerprint density at radius 2 is 2.25 bits per heavy atom. The van der Waals surface area contributed by atoms with E-state index in [2.05, 4.69) is 5.32 Å². The van der Waals surface area contributed by atoms with Crippen molar-refractivity contribution in [1.29, 1.82) is 0 Å². The molecule has 1 N–H and O–H groups in total. The van der Waals surface area contributed by atoms with Gasteiger partial charge in [-0.25, -0.2) is 4.39 Å². The SMILES string of the molecule is CC1CN(C(=O)C(C)C2CNC2)c2ccc(F)cc2O1. The summed E-state index contributed by atoms with van der Waals surface area (Å²) in [4.78, 5) is 14.4. The molecule has 0 spiro atoms. The van der Waals surface area contributed by atoms with Crippen LogP contribution in [0.4, 0.5) is 10.1 Å². The molecule has 4 nitrogen and oxygen atoms in total. The molecule has 1 saturated heterocycles. The molecule has 1 aromatic carbocycles. The van der Waals surface area contributed by atoms with Crippen LogP contribution in [0, 0.1) is 17.7 Å². The standard InChI is InChI=1S/C15H19FN2O2/c1-9-8-18(15(19)10(2)11-6-17-7-11)13-4-3-12(16)5-14(13)20-9/h3-5,9-11,17H,6-8H2,1-2H3. The molecule has 0 aromatic heterocycles. The topological polar surface area (TPSA) is 41.6 Å². The van der Waals surface area contributed by atoms with Gasteiger partial charge >= 0.3 is 0 Å². The Hall–Kier alpha value is -1.62. The fourth-order valence-electron chi connectivity index (χ4n) is 2.74. The average Bonchev–Trinajstić information content (AvgIpc) is 2.34. The third-order valence-corrected chi connectivity index (χ3v) is 4.16. The van der Waals surface area contributed by atoms with Gasteiger partial charge in [0, 0.05) is 12.0 Å². The van der Waals surface area contributed by atoms with E-state index in [1.807, 2.05) is 13.8 Å². The van der Waals surface area contributed by atoms with Gasteiger partial charge in [0.15, 0.2) is 0 Å². The van der Waals surface area contributed by atoms with Crippen molar-refractivity contribution in [2.24, 2.45) is 11.8 Å². The van der Waals surface area contributed by atoms with Gasteiger partial charge in [-0.3, -0.25) is 4.79 Å². The summed E-state index contributed by atoms with van der Waals surface area (Å²) in [6, 6.07) is 4.34. The lowest BCUT2D eigenvalue weighted by Gasteiger charge is -2.38. The van der Waals surface area contributed by atoms with Crippen LogP contribution in [0.25, 0.3) is 0 Å². The van der Waals surface area contributed by atoms with Gasteiger partial charge in [0.05, 0.1) is 12.2 Å². The minimum absolute atomic E-state index is 0.0283. The van der Waals surface area contributed by atoms with E-state index in [0.29, 0.717) is 23.9 Å². The molecular weight excluding hydrogens is 259 g/mol. The fraction of sp³-hybridized carbons (Fsp3) is 0.533. The number of hydrogen-bond acceptors (Lipinski definition) is 3. The third-order valence-electron chi connectivity index (χ3n) is 4.16. The number of hydrogen-bond donors (Lipinski definition) is 1. The number of anilines is 1. The van der Waals surface area contributed by atoms with Crippen molar-refractivity contribution in [3.63, 3.8) is 0 Å². The Bertz CT molecular complexity index is 531. The summed E-state index contributed by atoms with van der Waals surface area (Å²) in [7, 11) is 0. The van der Waals surface area contributed by atoms with Crippen molar-refractivity contribution in [2.75, 3.05) is 24.5 Å². The van der Waals surface area contributed by atoms with E-state index >= 15 is 0 Å². The second-order valence-electron chi connectivity index (χ2n) is 5.70. The zero-order chi connectivity index (χ0) is 14.3. The number of rotatable bonds is 2. The highest BCUT2D eigenvalue weighted by atomic mass is 19.1. The number of ether oxygens (including phenoxy) is 1. The number of amides is 1. The summed E-state index contributed by atoms with van der Waals surface area (Å²) >= 11 is 0. The Balaban J connectivity index is 1.88. The normalized spacial score (nSPS) is 23.6. The smallest absolute Gasteiger partial charge is 0.230 e. The highest BCUT2D eigenvalue weighted by Gasteiger charge is 2.35. The molecule has 0 aliphatic carbocycles. The van der Waals surface area contributed by atoms with Crippen molar-refractivity contribution in [3.8, 4) is 5.75 Å². The van der Waals surface area contributed by atoms with Gasteiger partial charge in [-0.05, 0) is 38.1 Å². The molecule has 3 rings (SSSR count). The van der Waals surface area contributed by atoms with Crippen molar-refractivity contribution < 1.29 is 13.9 Å². The number of nitrogens with zero attached hydrogens (tertiary/aromatic N) is 1. The van der Waals surface area contributed by atoms with Gasteiger partial charge in [-0.15, -0.1) is 0 Å². The van der Waals surface area contributed by atoms with Crippen LogP contribution in [0.3, 0.4) is 0 Å². The number of fused-ring (bicyclic) bond motifs is 1. The molecule has 0 bridgehead atoms. The summed E-state index contributed by atoms with van der Waals surface area (Å²) < 4.78 is 18.9. The zero-order valence-electron chi connectivity index (χ0n) is 11.7. The van der Waals surface area contributed by atoms with Crippen LogP contribution in [0.1, 0.15) is 13.8 Å². The molecule has 5 heteroatoms. The van der Waals surface area contributed by atoms with Crippen LogP contribution >= 0.6 is 0 Å². The first-order valence-corrected chi connectivity index (χ1v) is 7.04. The average molecular weight is 278 g/mol. The first-order chi connectivity index (χ1) is 9.56. The highest BCUT2D eigenvalue weighted by Crippen LogP contribution is 2.35. The zero-order valence-corrected chi connectivity index (χ0v) is 11.7. The minimum atomic E-state index is -0.346. The van der Waals surface area contributed by atoms with Crippen molar-refractivity contribution in [1.82, 2.24) is 5.32 Å². The van der Waals surface area contributed by atoms with Crippen LogP contribution in [0.5, 0.6) is 5.75 Å². The molecule has 2 aliphatic rings. The van der Waals surface area contributed by atoms with Gasteiger partial charge in [-0.1, -0.05) is 6.92 Å². The second kappa shape index (κ2) is 5.05. The van der Waals surface area contributed by atoms with Crippen LogP contribution < -0.4 is 15.0 Å². The monoisotopic (exact) mass is 278 g/mol. The predicted molar refractivity (Wildman–Crippen MR) is 74.4 cm³/mol. The van der Waals surface area contributed by atoms with Crippen molar-refractivity contribution in [3.05, 3.63) is 24.0 Å². The number of carbonyl (C=O) groups is 1. The van der Waals surface area contributed by atoms with E-state index in [1.165, 1.54) is 12.1 Å². The van der Waals surface area contributed by atoms with Crippen LogP contribution in [0.15, 0.2) is 18.2 Å². The molecule has 20 heavy (non-hydrogen) atoms. The predicted octanol–water partition coefficient (Wildman–Crippen LogP) is 1.80. The molecule has 1 amide bonds. The maximum atomic E-state index is 13.3. The molecule has 1 fully saturated rings. The van der Waals surface area contributed by atoms with Crippen molar-refractivity contribution >= 4 is 11.6 Å². The lowest BCUT2D eigenvalue weighted by Crippen LogP contribution is -2.52. The van der Waals surface area contributed by atoms with Gasteiger partial charge < -0.3 is 15.0 Å². The molecule has 2 aliphatic heterocycles. The number of carbonyl (C=O) groups excluding carboxylic acids is 1. The Labute approximate surface area is 117 Å². The van der Waals surface area contributed by atoms with E-state index in [0.717, 1.165) is 13.1 Å². The lowest BCUT2D eigenvalue weighted by molar-refractivity contribution is -0.124. The summed E-state index contributed by atoms with van der Waals surface area (Å²) in [5.41, 5.74) is 0.675. The minimum Gasteiger partial charge on any atom is -0.487 e. The van der Waals surface area contributed by atoms with Crippen LogP contribution in [-0.4, -0.2) is 31.6 Å². The third kappa shape index (κ3) is 2.26. The van der Waals surface area contributed by atoms with Crippen LogP contribution in [-0.2, 0) is 4.79 Å². The van der Waals surface area contributed by atoms with E-state index in [-0.39, 0.29) is 23.7 Å². The Kier molecular flexibility index (Phi) is 3.38. The molecule has 2 atom stereocenters. The number of nitrogens with one attached hydrogen (secondary N) is 1. The first kappa shape index (κ1) is 13.4. The molecule has 2 unspecified atom stereocenters. The summed E-state index contributed by atoms with van der Waals surface area (Å²) in [5, 5.41) is 3.19. The second-order valence-corrected chi connectivity index (χ2v) is 5.70. The van der Waals surface area contributed by atoms with Crippen LogP contribution in [0.2, 0.25) is 0 Å². The molecule has 108 valence electrons. The lowest BCUT2D eigenvalue weighted by atomic mass is 9.87. The first-order valence-electron chi connectivity index (χ1n) is 7.04. The fourth-order valence-corrected chi connectivity index (χ4v) is 2.74. The summed E-state index contributed by atoms with van der Waals surface area (Å²) in [6.07, 6.45) is -0.125.